The first-order valence-electron chi connectivity index (χ1n) is 24.0. The molecule has 0 radical (unpaired) electrons. The quantitative estimate of drug-likeness (QED) is 0.167. The van der Waals surface area contributed by atoms with Gasteiger partial charge >= 0.3 is 0 Å². The molecular formula is C64H40N6O. The van der Waals surface area contributed by atoms with Crippen molar-refractivity contribution in [2.75, 3.05) is 0 Å². The molecule has 0 aliphatic heterocycles. The van der Waals surface area contributed by atoms with Crippen molar-refractivity contribution in [3.63, 3.8) is 0 Å². The zero-order chi connectivity index (χ0) is 46.7. The van der Waals surface area contributed by atoms with Crippen molar-refractivity contribution in [2.45, 2.75) is 6.92 Å². The standard InChI is InChI=1S/C64H40N6O/c1-39-37-49(64-66-62(40-21-5-2-6-22-40)65-63(67-64)41-23-7-3-8-24-41)61-57(47-31-15-20-36-55(47)71-61)58(39)70-52-34-18-13-29-45(52)48-38-54(69-50-32-16-11-27-43(50)44-28-12-17-33-51(44)69)56-46-30-14-19-35-53(46)68(60(56)59(48)70)42-25-9-4-10-26-42/h2-38H,1H3. The highest BCUT2D eigenvalue weighted by molar-refractivity contribution is 6.28. The summed E-state index contributed by atoms with van der Waals surface area (Å²) in [4.78, 5) is 15.5. The highest BCUT2D eigenvalue weighted by Gasteiger charge is 2.29. The van der Waals surface area contributed by atoms with Gasteiger partial charge in [-0.2, -0.15) is 0 Å². The first-order chi connectivity index (χ1) is 35.2. The molecule has 15 aromatic rings. The van der Waals surface area contributed by atoms with Crippen LogP contribution in [-0.2, 0) is 0 Å². The van der Waals surface area contributed by atoms with E-state index in [1.807, 2.05) is 66.7 Å². The monoisotopic (exact) mass is 908 g/mol. The maximum absolute atomic E-state index is 7.10. The largest absolute Gasteiger partial charge is 0.455 e. The van der Waals surface area contributed by atoms with E-state index in [4.69, 9.17) is 19.4 Å². The van der Waals surface area contributed by atoms with Gasteiger partial charge in [0.2, 0.25) is 0 Å². The van der Waals surface area contributed by atoms with Gasteiger partial charge in [0.1, 0.15) is 11.2 Å². The molecule has 0 N–H and O–H groups in total. The van der Waals surface area contributed by atoms with Crippen LogP contribution in [0.2, 0.25) is 0 Å². The Morgan fingerprint density at radius 1 is 0.366 bits per heavy atom. The predicted octanol–water partition coefficient (Wildman–Crippen LogP) is 16.4. The Labute approximate surface area is 406 Å². The van der Waals surface area contributed by atoms with Gasteiger partial charge in [-0.15, -0.1) is 0 Å². The molecule has 0 amide bonds. The number of benzene rings is 10. The number of aryl methyl sites for hydroxylation is 1. The van der Waals surface area contributed by atoms with Gasteiger partial charge in [0.25, 0.3) is 0 Å². The lowest BCUT2D eigenvalue weighted by Crippen LogP contribution is -2.04. The molecule has 7 nitrogen and oxygen atoms in total. The highest BCUT2D eigenvalue weighted by atomic mass is 16.3. The fourth-order valence-electron chi connectivity index (χ4n) is 11.4. The van der Waals surface area contributed by atoms with Crippen LogP contribution in [0.4, 0.5) is 0 Å². The predicted molar refractivity (Wildman–Crippen MR) is 291 cm³/mol. The molecular weight excluding hydrogens is 869 g/mol. The zero-order valence-electron chi connectivity index (χ0n) is 38.5. The average molecular weight is 909 g/mol. The Kier molecular flexibility index (Phi) is 8.44. The molecule has 0 bridgehead atoms. The number of rotatable bonds is 6. The number of hydrogen-bond acceptors (Lipinski definition) is 4. The lowest BCUT2D eigenvalue weighted by Gasteiger charge is -2.18. The van der Waals surface area contributed by atoms with Crippen molar-refractivity contribution in [2.24, 2.45) is 0 Å². The zero-order valence-corrected chi connectivity index (χ0v) is 38.5. The summed E-state index contributed by atoms with van der Waals surface area (Å²) in [5.74, 6) is 1.73. The number of fused-ring (bicyclic) bond motifs is 13. The third-order valence-electron chi connectivity index (χ3n) is 14.4. The molecule has 5 heterocycles. The summed E-state index contributed by atoms with van der Waals surface area (Å²) in [7, 11) is 0. The molecule has 0 saturated carbocycles. The van der Waals surface area contributed by atoms with E-state index in [9.17, 15) is 0 Å². The van der Waals surface area contributed by atoms with Gasteiger partial charge < -0.3 is 18.1 Å². The Morgan fingerprint density at radius 2 is 0.831 bits per heavy atom. The van der Waals surface area contributed by atoms with E-state index < -0.39 is 0 Å². The van der Waals surface area contributed by atoms with E-state index in [1.54, 1.807) is 0 Å². The number of para-hydroxylation sites is 6. The van der Waals surface area contributed by atoms with E-state index in [0.717, 1.165) is 99.5 Å². The molecule has 5 aromatic heterocycles. The molecule has 0 fully saturated rings. The molecule has 71 heavy (non-hydrogen) atoms. The van der Waals surface area contributed by atoms with Gasteiger partial charge in [-0.25, -0.2) is 15.0 Å². The van der Waals surface area contributed by atoms with Crippen molar-refractivity contribution in [1.29, 1.82) is 0 Å². The van der Waals surface area contributed by atoms with E-state index in [2.05, 4.69) is 178 Å². The van der Waals surface area contributed by atoms with Gasteiger partial charge in [-0.1, -0.05) is 170 Å². The molecule has 7 heteroatoms. The van der Waals surface area contributed by atoms with Gasteiger partial charge in [0.05, 0.1) is 55.4 Å². The molecule has 0 unspecified atom stereocenters. The average Bonchev–Trinajstić information content (AvgIpc) is 4.19. The summed E-state index contributed by atoms with van der Waals surface area (Å²) < 4.78 is 14.6. The van der Waals surface area contributed by atoms with Crippen molar-refractivity contribution in [1.82, 2.24) is 28.7 Å². The normalized spacial score (nSPS) is 12.0. The molecule has 0 atom stereocenters. The fraction of sp³-hybridized carbons (Fsp3) is 0.0156. The van der Waals surface area contributed by atoms with Crippen LogP contribution >= 0.6 is 0 Å². The second-order valence-corrected chi connectivity index (χ2v) is 18.4. The van der Waals surface area contributed by atoms with Gasteiger partial charge in [-0.3, -0.25) is 0 Å². The van der Waals surface area contributed by atoms with Crippen molar-refractivity contribution < 1.29 is 4.42 Å². The van der Waals surface area contributed by atoms with Crippen LogP contribution in [0.5, 0.6) is 0 Å². The van der Waals surface area contributed by atoms with Crippen LogP contribution in [0.15, 0.2) is 229 Å². The topological polar surface area (TPSA) is 66.6 Å². The first kappa shape index (κ1) is 39.4. The smallest absolute Gasteiger partial charge is 0.167 e. The molecule has 0 spiro atoms. The third kappa shape index (κ3) is 5.74. The molecule has 0 aliphatic rings. The summed E-state index contributed by atoms with van der Waals surface area (Å²) in [6.07, 6.45) is 0. The van der Waals surface area contributed by atoms with Gasteiger partial charge in [0, 0.05) is 54.5 Å². The highest BCUT2D eigenvalue weighted by Crippen LogP contribution is 2.49. The minimum absolute atomic E-state index is 0.543. The van der Waals surface area contributed by atoms with Crippen molar-refractivity contribution >= 4 is 87.4 Å². The second kappa shape index (κ2) is 15.2. The summed E-state index contributed by atoms with van der Waals surface area (Å²) in [5, 5.41) is 9.08. The summed E-state index contributed by atoms with van der Waals surface area (Å²) in [5.41, 5.74) is 15.2. The third-order valence-corrected chi connectivity index (χ3v) is 14.4. The Hall–Kier alpha value is -9.59. The lowest BCUT2D eigenvalue weighted by atomic mass is 10.0. The van der Waals surface area contributed by atoms with Crippen LogP contribution in [0.25, 0.3) is 139 Å². The van der Waals surface area contributed by atoms with E-state index >= 15 is 0 Å². The van der Waals surface area contributed by atoms with Crippen LogP contribution in [0.1, 0.15) is 5.56 Å². The maximum Gasteiger partial charge on any atom is 0.167 e. The molecule has 332 valence electrons. The molecule has 0 aliphatic carbocycles. The van der Waals surface area contributed by atoms with Crippen molar-refractivity contribution in [3.8, 4) is 51.2 Å². The SMILES string of the molecule is Cc1cc(-c2nc(-c3ccccc3)nc(-c3ccccc3)n2)c2oc3ccccc3c2c1-n1c2ccccc2c2cc(-n3c4ccccc4c4ccccc43)c3c4ccccc4n(-c4ccccc4)c3c21. The van der Waals surface area contributed by atoms with Crippen LogP contribution in [-0.4, -0.2) is 28.7 Å². The first-order valence-corrected chi connectivity index (χ1v) is 24.0. The molecule has 0 saturated heterocycles. The summed E-state index contributed by atoms with van der Waals surface area (Å²) in [6, 6.07) is 79.5. The molecule has 15 rings (SSSR count). The number of hydrogen-bond donors (Lipinski definition) is 0. The van der Waals surface area contributed by atoms with Crippen LogP contribution < -0.4 is 0 Å². The van der Waals surface area contributed by atoms with Crippen LogP contribution in [0.3, 0.4) is 0 Å². The maximum atomic E-state index is 7.10. The Balaban J connectivity index is 1.13. The lowest BCUT2D eigenvalue weighted by molar-refractivity contribution is 0.669. The number of nitrogens with zero attached hydrogens (tertiary/aromatic N) is 6. The summed E-state index contributed by atoms with van der Waals surface area (Å²) >= 11 is 0. The fourth-order valence-corrected chi connectivity index (χ4v) is 11.4. The van der Waals surface area contributed by atoms with Crippen LogP contribution in [0, 0.1) is 6.92 Å². The van der Waals surface area contributed by atoms with Crippen molar-refractivity contribution in [3.05, 3.63) is 230 Å². The van der Waals surface area contributed by atoms with E-state index in [1.165, 1.54) is 21.5 Å². The summed E-state index contributed by atoms with van der Waals surface area (Å²) in [6.45, 7) is 2.22. The van der Waals surface area contributed by atoms with E-state index in [-0.39, 0.29) is 0 Å². The second-order valence-electron chi connectivity index (χ2n) is 18.4. The Bertz CT molecular complexity index is 4530. The van der Waals surface area contributed by atoms with Gasteiger partial charge in [-0.05, 0) is 67.1 Å². The number of furan rings is 1. The van der Waals surface area contributed by atoms with E-state index in [0.29, 0.717) is 23.1 Å². The minimum Gasteiger partial charge on any atom is -0.455 e. The molecule has 10 aromatic carbocycles. The van der Waals surface area contributed by atoms with Gasteiger partial charge in [0.15, 0.2) is 17.5 Å². The Morgan fingerprint density at radius 3 is 1.44 bits per heavy atom. The minimum atomic E-state index is 0.543. The number of aromatic nitrogens is 6.